The number of nitrogens with zero attached hydrogens (tertiary/aromatic N) is 2. The smallest absolute Gasteiger partial charge is 0.325 e. The first-order valence-corrected chi connectivity index (χ1v) is 9.50. The minimum absolute atomic E-state index is 0.365. The summed E-state index contributed by atoms with van der Waals surface area (Å²) in [6, 6.07) is 5.38. The molecule has 2 amide bonds. The number of aromatic nitrogens is 2. The number of ether oxygens (including phenoxy) is 1. The summed E-state index contributed by atoms with van der Waals surface area (Å²) < 4.78 is 5.82. The minimum Gasteiger partial charge on any atom is -0.491 e. The normalized spacial score (nSPS) is 13.7. The predicted octanol–water partition coefficient (Wildman–Crippen LogP) is 3.99. The lowest BCUT2D eigenvalue weighted by Gasteiger charge is -2.26. The third kappa shape index (κ3) is 6.08. The molecule has 1 aliphatic rings. The van der Waals surface area contributed by atoms with Gasteiger partial charge in [-0.05, 0) is 50.9 Å². The van der Waals surface area contributed by atoms with E-state index in [0.29, 0.717) is 34.9 Å². The fraction of sp³-hybridized carbons (Fsp3) is 0.421. The lowest BCUT2D eigenvalue weighted by molar-refractivity contribution is 0.261. The summed E-state index contributed by atoms with van der Waals surface area (Å²) in [5.41, 5.74) is 1.28. The Morgan fingerprint density at radius 1 is 1.26 bits per heavy atom. The van der Waals surface area contributed by atoms with E-state index in [0.717, 1.165) is 18.7 Å². The van der Waals surface area contributed by atoms with Crippen molar-refractivity contribution >= 4 is 29.1 Å². The Labute approximate surface area is 163 Å². The maximum atomic E-state index is 12.2. The topological polar surface area (TPSA) is 88.2 Å². The van der Waals surface area contributed by atoms with Crippen LogP contribution in [0.5, 0.6) is 5.75 Å². The van der Waals surface area contributed by atoms with Gasteiger partial charge in [0, 0.05) is 11.1 Å². The molecular weight excluding hydrogens is 366 g/mol. The molecule has 144 valence electrons. The highest BCUT2D eigenvalue weighted by molar-refractivity contribution is 6.31. The highest BCUT2D eigenvalue weighted by Crippen LogP contribution is 2.28. The molecule has 1 aliphatic carbocycles. The van der Waals surface area contributed by atoms with Gasteiger partial charge in [0.2, 0.25) is 0 Å². The monoisotopic (exact) mass is 389 g/mol. The van der Waals surface area contributed by atoms with E-state index < -0.39 is 6.03 Å². The zero-order valence-corrected chi connectivity index (χ0v) is 16.1. The molecule has 3 N–H and O–H groups in total. The molecule has 0 spiro atoms. The van der Waals surface area contributed by atoms with E-state index >= 15 is 0 Å². The van der Waals surface area contributed by atoms with Crippen molar-refractivity contribution < 1.29 is 9.53 Å². The van der Waals surface area contributed by atoms with Crippen LogP contribution in [0.2, 0.25) is 5.02 Å². The van der Waals surface area contributed by atoms with Gasteiger partial charge in [-0.25, -0.2) is 9.78 Å². The lowest BCUT2D eigenvalue weighted by Crippen LogP contribution is -2.36. The van der Waals surface area contributed by atoms with Crippen LogP contribution < -0.4 is 20.7 Å². The second-order valence-corrected chi connectivity index (χ2v) is 6.98. The van der Waals surface area contributed by atoms with E-state index in [9.17, 15) is 4.79 Å². The Morgan fingerprint density at radius 2 is 2.11 bits per heavy atom. The molecule has 0 atom stereocenters. The predicted molar refractivity (Wildman–Crippen MR) is 107 cm³/mol. The van der Waals surface area contributed by atoms with E-state index in [2.05, 4.69) is 25.9 Å². The molecule has 1 saturated carbocycles. The molecule has 27 heavy (non-hydrogen) atoms. The van der Waals surface area contributed by atoms with Gasteiger partial charge in [-0.2, -0.15) is 0 Å². The van der Waals surface area contributed by atoms with Crippen LogP contribution in [0.3, 0.4) is 0 Å². The van der Waals surface area contributed by atoms with Crippen molar-refractivity contribution in [1.29, 1.82) is 0 Å². The van der Waals surface area contributed by atoms with Crippen molar-refractivity contribution in [2.24, 2.45) is 0 Å². The maximum absolute atomic E-state index is 12.2. The second kappa shape index (κ2) is 9.53. The SMILES string of the molecule is Cc1cnc(NC(=O)Nc2cc(Cl)ccc2OCCCNC2CCC2)cn1. The van der Waals surface area contributed by atoms with E-state index in [4.69, 9.17) is 16.3 Å². The summed E-state index contributed by atoms with van der Waals surface area (Å²) >= 11 is 6.06. The van der Waals surface area contributed by atoms with Crippen LogP contribution in [0.1, 0.15) is 31.4 Å². The quantitative estimate of drug-likeness (QED) is 0.594. The van der Waals surface area contributed by atoms with Crippen molar-refractivity contribution in [3.8, 4) is 5.75 Å². The van der Waals surface area contributed by atoms with Gasteiger partial charge in [-0.3, -0.25) is 10.3 Å². The van der Waals surface area contributed by atoms with Crippen LogP contribution in [0.15, 0.2) is 30.6 Å². The van der Waals surface area contributed by atoms with Crippen molar-refractivity contribution in [2.45, 2.75) is 38.6 Å². The Hall–Kier alpha value is -2.38. The summed E-state index contributed by atoms with van der Waals surface area (Å²) in [4.78, 5) is 20.4. The Morgan fingerprint density at radius 3 is 2.81 bits per heavy atom. The molecule has 0 radical (unpaired) electrons. The molecular formula is C19H24ClN5O2. The van der Waals surface area contributed by atoms with Gasteiger partial charge in [-0.15, -0.1) is 0 Å². The number of halogens is 1. The van der Waals surface area contributed by atoms with Crippen molar-refractivity contribution in [2.75, 3.05) is 23.8 Å². The lowest BCUT2D eigenvalue weighted by atomic mass is 9.93. The minimum atomic E-state index is -0.438. The number of carbonyl (C=O) groups is 1. The maximum Gasteiger partial charge on any atom is 0.325 e. The average molecular weight is 390 g/mol. The number of aryl methyl sites for hydroxylation is 1. The van der Waals surface area contributed by atoms with Gasteiger partial charge < -0.3 is 15.4 Å². The zero-order chi connectivity index (χ0) is 19.1. The van der Waals surface area contributed by atoms with Gasteiger partial charge >= 0.3 is 6.03 Å². The van der Waals surface area contributed by atoms with Crippen LogP contribution >= 0.6 is 11.6 Å². The first-order valence-electron chi connectivity index (χ1n) is 9.12. The summed E-state index contributed by atoms with van der Waals surface area (Å²) in [5, 5.41) is 9.39. The molecule has 7 nitrogen and oxygen atoms in total. The number of benzene rings is 1. The molecule has 2 aromatic rings. The largest absolute Gasteiger partial charge is 0.491 e. The molecule has 1 fully saturated rings. The number of hydrogen-bond donors (Lipinski definition) is 3. The Balaban J connectivity index is 1.51. The molecule has 3 rings (SSSR count). The molecule has 1 aromatic carbocycles. The molecule has 1 heterocycles. The summed E-state index contributed by atoms with van der Waals surface area (Å²) in [7, 11) is 0. The highest BCUT2D eigenvalue weighted by Gasteiger charge is 2.15. The molecule has 0 unspecified atom stereocenters. The second-order valence-electron chi connectivity index (χ2n) is 6.55. The number of hydrogen-bond acceptors (Lipinski definition) is 5. The van der Waals surface area contributed by atoms with Gasteiger partial charge in [0.25, 0.3) is 0 Å². The van der Waals surface area contributed by atoms with E-state index in [-0.39, 0.29) is 0 Å². The first-order chi connectivity index (χ1) is 13.1. The standard InChI is InChI=1S/C19H24ClN5O2/c1-13-11-23-18(12-22-13)25-19(26)24-16-10-14(20)6-7-17(16)27-9-3-8-21-15-4-2-5-15/h6-7,10-12,15,21H,2-5,8-9H2,1H3,(H2,23,24,25,26). The average Bonchev–Trinajstić information content (AvgIpc) is 2.60. The molecule has 1 aromatic heterocycles. The molecule has 8 heteroatoms. The van der Waals surface area contributed by atoms with Gasteiger partial charge in [0.05, 0.1) is 30.4 Å². The van der Waals surface area contributed by atoms with Gasteiger partial charge in [-0.1, -0.05) is 18.0 Å². The zero-order valence-electron chi connectivity index (χ0n) is 15.3. The van der Waals surface area contributed by atoms with E-state index in [1.54, 1.807) is 24.4 Å². The number of amides is 2. The van der Waals surface area contributed by atoms with Crippen molar-refractivity contribution in [3.05, 3.63) is 41.3 Å². The molecule has 0 aliphatic heterocycles. The Bertz CT molecular complexity index is 765. The molecule has 0 bridgehead atoms. The van der Waals surface area contributed by atoms with Crippen LogP contribution in [0.4, 0.5) is 16.3 Å². The van der Waals surface area contributed by atoms with E-state index in [1.165, 1.54) is 25.5 Å². The van der Waals surface area contributed by atoms with Crippen LogP contribution in [-0.2, 0) is 0 Å². The van der Waals surface area contributed by atoms with E-state index in [1.807, 2.05) is 6.92 Å². The summed E-state index contributed by atoms with van der Waals surface area (Å²) in [6.07, 6.45) is 7.84. The number of carbonyl (C=O) groups excluding carboxylic acids is 1. The number of nitrogens with one attached hydrogen (secondary N) is 3. The number of rotatable bonds is 8. The Kier molecular flexibility index (Phi) is 6.84. The van der Waals surface area contributed by atoms with Gasteiger partial charge in [0.15, 0.2) is 5.82 Å². The number of anilines is 2. The van der Waals surface area contributed by atoms with Gasteiger partial charge in [0.1, 0.15) is 5.75 Å². The van der Waals surface area contributed by atoms with Crippen LogP contribution in [0.25, 0.3) is 0 Å². The first kappa shape index (κ1) is 19.4. The van der Waals surface area contributed by atoms with Crippen LogP contribution in [-0.4, -0.2) is 35.2 Å². The van der Waals surface area contributed by atoms with Crippen molar-refractivity contribution in [1.82, 2.24) is 15.3 Å². The number of urea groups is 1. The third-order valence-electron chi connectivity index (χ3n) is 4.33. The van der Waals surface area contributed by atoms with Crippen LogP contribution in [0, 0.1) is 6.92 Å². The fourth-order valence-corrected chi connectivity index (χ4v) is 2.80. The molecule has 0 saturated heterocycles. The highest BCUT2D eigenvalue weighted by atomic mass is 35.5. The third-order valence-corrected chi connectivity index (χ3v) is 4.56. The van der Waals surface area contributed by atoms with Crippen molar-refractivity contribution in [3.63, 3.8) is 0 Å². The summed E-state index contributed by atoms with van der Waals surface area (Å²) in [6.45, 7) is 3.31. The fourth-order valence-electron chi connectivity index (χ4n) is 2.63. The summed E-state index contributed by atoms with van der Waals surface area (Å²) in [5.74, 6) is 0.942.